The van der Waals surface area contributed by atoms with Gasteiger partial charge in [0.25, 0.3) is 6.43 Å². The monoisotopic (exact) mass is 429 g/mol. The molecule has 0 saturated heterocycles. The third-order valence-electron chi connectivity index (χ3n) is 4.08. The minimum absolute atomic E-state index is 0.0705. The number of rotatable bonds is 5. The Morgan fingerprint density at radius 3 is 2.70 bits per heavy atom. The van der Waals surface area contributed by atoms with Crippen molar-refractivity contribution in [3.05, 3.63) is 28.4 Å². The van der Waals surface area contributed by atoms with Gasteiger partial charge in [0.15, 0.2) is 5.01 Å². The minimum Gasteiger partial charge on any atom is -0.207 e. The van der Waals surface area contributed by atoms with Gasteiger partial charge in [0.2, 0.25) is 15.2 Å². The van der Waals surface area contributed by atoms with Crippen LogP contribution in [0.4, 0.5) is 8.78 Å². The van der Waals surface area contributed by atoms with Gasteiger partial charge in [-0.1, -0.05) is 28.9 Å². The number of nitrogens with zero attached hydrogens (tertiary/aromatic N) is 4. The smallest absolute Gasteiger partial charge is 0.207 e. The van der Waals surface area contributed by atoms with Crippen LogP contribution < -0.4 is 4.72 Å². The molecule has 0 atom stereocenters. The van der Waals surface area contributed by atoms with Crippen molar-refractivity contribution in [2.75, 3.05) is 0 Å². The van der Waals surface area contributed by atoms with Crippen molar-refractivity contribution in [1.29, 1.82) is 0 Å². The number of sulfonamides is 1. The lowest BCUT2D eigenvalue weighted by Gasteiger charge is -2.12. The van der Waals surface area contributed by atoms with Crippen LogP contribution in [0.1, 0.15) is 24.3 Å². The summed E-state index contributed by atoms with van der Waals surface area (Å²) in [5.74, 6) is 2.45. The number of nitrogens with one attached hydrogen (secondary N) is 1. The summed E-state index contributed by atoms with van der Waals surface area (Å²) in [5, 5.41) is 11.4. The van der Waals surface area contributed by atoms with Crippen LogP contribution in [-0.4, -0.2) is 33.9 Å². The van der Waals surface area contributed by atoms with E-state index in [2.05, 4.69) is 25.9 Å². The van der Waals surface area contributed by atoms with Crippen molar-refractivity contribution >= 4 is 43.9 Å². The fraction of sp³-hybridized carbons (Fsp3) is 0.267. The standard InChI is InChI=1S/C15H10ClF2N5O2S2/c1-2-15(3-4-15)22-27(24,25)8-5-10(16)9-7-19-23(11(9)6-8)14-21-20-13(26-14)12(17)18/h1,5-7,12,22H,3-4H2. The molecule has 1 N–H and O–H groups in total. The zero-order valence-corrected chi connectivity index (χ0v) is 15.7. The lowest BCUT2D eigenvalue weighted by atomic mass is 10.2. The molecule has 2 aromatic heterocycles. The molecule has 7 nitrogen and oxygen atoms in total. The maximum absolute atomic E-state index is 12.8. The van der Waals surface area contributed by atoms with E-state index in [9.17, 15) is 17.2 Å². The molecule has 0 aliphatic heterocycles. The van der Waals surface area contributed by atoms with E-state index in [1.807, 2.05) is 0 Å². The maximum Gasteiger partial charge on any atom is 0.291 e. The number of hydrogen-bond donors (Lipinski definition) is 1. The molecule has 1 aliphatic carbocycles. The molecule has 0 spiro atoms. The average Bonchev–Trinajstić information content (AvgIpc) is 3.03. The Morgan fingerprint density at radius 1 is 1.37 bits per heavy atom. The van der Waals surface area contributed by atoms with Gasteiger partial charge >= 0.3 is 0 Å². The molecule has 140 valence electrons. The molecule has 1 fully saturated rings. The lowest BCUT2D eigenvalue weighted by molar-refractivity contribution is 0.150. The number of terminal acetylenes is 1. The molecule has 0 radical (unpaired) electrons. The topological polar surface area (TPSA) is 89.8 Å². The van der Waals surface area contributed by atoms with Crippen LogP contribution in [0.15, 0.2) is 23.2 Å². The van der Waals surface area contributed by atoms with Gasteiger partial charge in [0.05, 0.1) is 27.2 Å². The van der Waals surface area contributed by atoms with Gasteiger partial charge in [-0.2, -0.15) is 9.82 Å². The van der Waals surface area contributed by atoms with Gasteiger partial charge in [-0.15, -0.1) is 16.6 Å². The minimum atomic E-state index is -3.94. The molecule has 4 rings (SSSR count). The van der Waals surface area contributed by atoms with Crippen LogP contribution in [0, 0.1) is 12.3 Å². The third-order valence-corrected chi connectivity index (χ3v) is 6.81. The summed E-state index contributed by atoms with van der Waals surface area (Å²) in [7, 11) is -3.94. The number of aromatic nitrogens is 4. The summed E-state index contributed by atoms with van der Waals surface area (Å²) in [6.45, 7) is 0. The Balaban J connectivity index is 1.81. The van der Waals surface area contributed by atoms with Gasteiger partial charge in [0.1, 0.15) is 0 Å². The highest BCUT2D eigenvalue weighted by Gasteiger charge is 2.44. The lowest BCUT2D eigenvalue weighted by Crippen LogP contribution is -2.35. The molecule has 2 heterocycles. The van der Waals surface area contributed by atoms with Gasteiger partial charge < -0.3 is 0 Å². The number of benzene rings is 1. The average molecular weight is 430 g/mol. The van der Waals surface area contributed by atoms with Gasteiger partial charge in [0, 0.05) is 5.39 Å². The van der Waals surface area contributed by atoms with Crippen LogP contribution >= 0.6 is 22.9 Å². The maximum atomic E-state index is 12.8. The Labute approximate surface area is 161 Å². The summed E-state index contributed by atoms with van der Waals surface area (Å²) in [5.41, 5.74) is -0.572. The highest BCUT2D eigenvalue weighted by Crippen LogP contribution is 2.37. The van der Waals surface area contributed by atoms with Crippen LogP contribution in [0.25, 0.3) is 16.0 Å². The summed E-state index contributed by atoms with van der Waals surface area (Å²) in [6, 6.07) is 2.63. The van der Waals surface area contributed by atoms with Gasteiger partial charge in [-0.05, 0) is 25.0 Å². The Bertz CT molecular complexity index is 1190. The normalized spacial score (nSPS) is 16.0. The first-order valence-corrected chi connectivity index (χ1v) is 10.2. The first-order chi connectivity index (χ1) is 12.7. The van der Waals surface area contributed by atoms with Gasteiger partial charge in [-0.3, -0.25) is 0 Å². The third kappa shape index (κ3) is 3.19. The number of alkyl halides is 2. The van der Waals surface area contributed by atoms with E-state index in [-0.39, 0.29) is 15.0 Å². The largest absolute Gasteiger partial charge is 0.291 e. The second-order valence-corrected chi connectivity index (χ2v) is 9.03. The number of fused-ring (bicyclic) bond motifs is 1. The predicted molar refractivity (Wildman–Crippen MR) is 95.6 cm³/mol. The SMILES string of the molecule is C#CC1(NS(=O)(=O)c2cc(Cl)c3cnn(-c4nnc(C(F)F)s4)c3c2)CC1. The van der Waals surface area contributed by atoms with E-state index in [1.165, 1.54) is 23.0 Å². The zero-order valence-electron chi connectivity index (χ0n) is 13.4. The first-order valence-electron chi connectivity index (χ1n) is 7.56. The summed E-state index contributed by atoms with van der Waals surface area (Å²) >= 11 is 6.86. The predicted octanol–water partition coefficient (Wildman–Crippen LogP) is 2.91. The van der Waals surface area contributed by atoms with E-state index in [1.54, 1.807) is 0 Å². The number of hydrogen-bond acceptors (Lipinski definition) is 6. The van der Waals surface area contributed by atoms with Crippen molar-refractivity contribution in [3.8, 4) is 17.5 Å². The molecule has 1 aromatic carbocycles. The molecule has 0 unspecified atom stereocenters. The first kappa shape index (κ1) is 18.2. The molecule has 3 aromatic rings. The van der Waals surface area contributed by atoms with Crippen molar-refractivity contribution in [1.82, 2.24) is 24.7 Å². The Hall–Kier alpha value is -2.13. The quantitative estimate of drug-likeness (QED) is 0.630. The van der Waals surface area contributed by atoms with Crippen LogP contribution in [-0.2, 0) is 10.0 Å². The molecular weight excluding hydrogens is 420 g/mol. The number of halogens is 3. The Morgan fingerprint density at radius 2 is 2.11 bits per heavy atom. The second kappa shape index (κ2) is 6.20. The Kier molecular flexibility index (Phi) is 4.19. The van der Waals surface area contributed by atoms with Crippen molar-refractivity contribution in [2.45, 2.75) is 29.7 Å². The van der Waals surface area contributed by atoms with Crippen LogP contribution in [0.2, 0.25) is 5.02 Å². The summed E-state index contributed by atoms with van der Waals surface area (Å²) in [6.07, 6.45) is 5.13. The molecule has 0 bridgehead atoms. The molecule has 1 saturated carbocycles. The fourth-order valence-corrected chi connectivity index (χ4v) is 4.92. The molecular formula is C15H10ClF2N5O2S2. The van der Waals surface area contributed by atoms with Crippen molar-refractivity contribution in [2.24, 2.45) is 0 Å². The highest BCUT2D eigenvalue weighted by atomic mass is 35.5. The van der Waals surface area contributed by atoms with Crippen LogP contribution in [0.5, 0.6) is 0 Å². The van der Waals surface area contributed by atoms with E-state index >= 15 is 0 Å². The van der Waals surface area contributed by atoms with E-state index in [4.69, 9.17) is 18.0 Å². The molecule has 27 heavy (non-hydrogen) atoms. The van der Waals surface area contributed by atoms with Crippen molar-refractivity contribution < 1.29 is 17.2 Å². The van der Waals surface area contributed by atoms with E-state index in [0.717, 1.165) is 0 Å². The zero-order chi connectivity index (χ0) is 19.4. The summed E-state index contributed by atoms with van der Waals surface area (Å²) < 4.78 is 54.6. The second-order valence-electron chi connectivity index (χ2n) is 5.95. The van der Waals surface area contributed by atoms with E-state index < -0.39 is 27.0 Å². The molecule has 12 heteroatoms. The molecule has 1 aliphatic rings. The van der Waals surface area contributed by atoms with Crippen LogP contribution in [0.3, 0.4) is 0 Å². The molecule has 0 amide bonds. The fourth-order valence-electron chi connectivity index (χ4n) is 2.48. The van der Waals surface area contributed by atoms with Gasteiger partial charge in [-0.25, -0.2) is 21.9 Å². The van der Waals surface area contributed by atoms with Crippen molar-refractivity contribution in [3.63, 3.8) is 0 Å². The van der Waals surface area contributed by atoms with E-state index in [0.29, 0.717) is 35.1 Å². The highest BCUT2D eigenvalue weighted by molar-refractivity contribution is 7.89. The summed E-state index contributed by atoms with van der Waals surface area (Å²) in [4.78, 5) is -0.109.